The minimum Gasteiger partial charge on any atom is -0.478 e. The van der Waals surface area contributed by atoms with Crippen LogP contribution >= 0.6 is 0 Å². The summed E-state index contributed by atoms with van der Waals surface area (Å²) in [6.45, 7) is 9.37. The second-order valence-electron chi connectivity index (χ2n) is 7.12. The Bertz CT molecular complexity index is 925. The van der Waals surface area contributed by atoms with Gasteiger partial charge in [0, 0.05) is 0 Å². The van der Waals surface area contributed by atoms with E-state index in [0.29, 0.717) is 16.8 Å². The van der Waals surface area contributed by atoms with Crippen molar-refractivity contribution < 1.29 is 18.3 Å². The van der Waals surface area contributed by atoms with Gasteiger partial charge in [0.2, 0.25) is 0 Å². The molecular weight excluding hydrogens is 338 g/mol. The Morgan fingerprint density at radius 3 is 2.24 bits per heavy atom. The molecule has 0 amide bonds. The van der Waals surface area contributed by atoms with Gasteiger partial charge in [-0.2, -0.15) is 0 Å². The molecule has 0 bridgehead atoms. The van der Waals surface area contributed by atoms with Crippen LogP contribution in [0, 0.1) is 13.8 Å². The van der Waals surface area contributed by atoms with E-state index in [2.05, 4.69) is 4.72 Å². The van der Waals surface area contributed by atoms with Crippen molar-refractivity contribution in [3.8, 4) is 0 Å². The van der Waals surface area contributed by atoms with Gasteiger partial charge in [-0.3, -0.25) is 4.72 Å². The number of aromatic carboxylic acids is 1. The van der Waals surface area contributed by atoms with Crippen LogP contribution < -0.4 is 4.72 Å². The Kier molecular flexibility index (Phi) is 4.95. The van der Waals surface area contributed by atoms with Gasteiger partial charge in [0.1, 0.15) is 0 Å². The molecule has 6 heteroatoms. The Morgan fingerprint density at radius 1 is 1.08 bits per heavy atom. The van der Waals surface area contributed by atoms with E-state index >= 15 is 0 Å². The van der Waals surface area contributed by atoms with Crippen molar-refractivity contribution in [1.29, 1.82) is 0 Å². The number of nitrogens with one attached hydrogen (secondary N) is 1. The van der Waals surface area contributed by atoms with E-state index in [1.807, 2.05) is 32.9 Å². The largest absolute Gasteiger partial charge is 0.478 e. The van der Waals surface area contributed by atoms with Crippen molar-refractivity contribution in [3.63, 3.8) is 0 Å². The van der Waals surface area contributed by atoms with Gasteiger partial charge in [-0.1, -0.05) is 39.0 Å². The number of rotatable bonds is 4. The molecule has 0 spiro atoms. The smallest absolute Gasteiger partial charge is 0.335 e. The first kappa shape index (κ1) is 19.0. The predicted molar refractivity (Wildman–Crippen MR) is 98.8 cm³/mol. The molecule has 5 nitrogen and oxygen atoms in total. The fourth-order valence-corrected chi connectivity index (χ4v) is 4.08. The molecule has 134 valence electrons. The average molecular weight is 361 g/mol. The maximum atomic E-state index is 12.9. The Labute approximate surface area is 148 Å². The molecule has 0 fully saturated rings. The second kappa shape index (κ2) is 6.52. The monoisotopic (exact) mass is 361 g/mol. The third kappa shape index (κ3) is 4.02. The van der Waals surface area contributed by atoms with Gasteiger partial charge in [0.25, 0.3) is 10.0 Å². The first-order valence-corrected chi connectivity index (χ1v) is 9.38. The third-order valence-electron chi connectivity index (χ3n) is 4.14. The third-order valence-corrected chi connectivity index (χ3v) is 5.63. The summed E-state index contributed by atoms with van der Waals surface area (Å²) in [6, 6.07) is 9.88. The van der Waals surface area contributed by atoms with Crippen LogP contribution in [0.15, 0.2) is 41.3 Å². The lowest BCUT2D eigenvalue weighted by molar-refractivity contribution is 0.0696. The summed E-state index contributed by atoms with van der Waals surface area (Å²) in [5, 5.41) is 9.22. The lowest BCUT2D eigenvalue weighted by Gasteiger charge is -2.23. The van der Waals surface area contributed by atoms with E-state index in [9.17, 15) is 18.3 Å². The molecule has 2 N–H and O–H groups in total. The number of benzene rings is 2. The summed E-state index contributed by atoms with van der Waals surface area (Å²) < 4.78 is 28.5. The Balaban J connectivity index is 2.57. The van der Waals surface area contributed by atoms with Crippen molar-refractivity contribution in [1.82, 2.24) is 0 Å². The highest BCUT2D eigenvalue weighted by Gasteiger charge is 2.24. The lowest BCUT2D eigenvalue weighted by atomic mass is 9.86. The van der Waals surface area contributed by atoms with Crippen LogP contribution in [0.25, 0.3) is 0 Å². The van der Waals surface area contributed by atoms with Crippen LogP contribution in [0.2, 0.25) is 0 Å². The van der Waals surface area contributed by atoms with E-state index in [1.54, 1.807) is 26.0 Å². The van der Waals surface area contributed by atoms with Crippen molar-refractivity contribution in [2.24, 2.45) is 0 Å². The first-order valence-electron chi connectivity index (χ1n) is 7.90. The molecule has 2 aromatic carbocycles. The van der Waals surface area contributed by atoms with Crippen molar-refractivity contribution in [3.05, 3.63) is 58.7 Å². The van der Waals surface area contributed by atoms with Gasteiger partial charge >= 0.3 is 5.97 Å². The predicted octanol–water partition coefficient (Wildman–Crippen LogP) is 4.10. The van der Waals surface area contributed by atoms with Crippen LogP contribution in [0.3, 0.4) is 0 Å². The number of carbonyl (C=O) groups is 1. The van der Waals surface area contributed by atoms with Crippen LogP contribution in [-0.2, 0) is 15.4 Å². The molecule has 2 aromatic rings. The highest BCUT2D eigenvalue weighted by molar-refractivity contribution is 7.92. The topological polar surface area (TPSA) is 83.5 Å². The summed E-state index contributed by atoms with van der Waals surface area (Å²) in [5.41, 5.74) is 2.21. The lowest BCUT2D eigenvalue weighted by Crippen LogP contribution is -2.20. The van der Waals surface area contributed by atoms with Crippen LogP contribution in [0.4, 0.5) is 5.69 Å². The van der Waals surface area contributed by atoms with Crippen molar-refractivity contribution >= 4 is 21.7 Å². The highest BCUT2D eigenvalue weighted by Crippen LogP contribution is 2.31. The molecule has 0 unspecified atom stereocenters. The normalized spacial score (nSPS) is 12.0. The maximum absolute atomic E-state index is 12.9. The van der Waals surface area contributed by atoms with Gasteiger partial charge in [-0.05, 0) is 54.2 Å². The van der Waals surface area contributed by atoms with E-state index in [0.717, 1.165) is 5.56 Å². The summed E-state index contributed by atoms with van der Waals surface area (Å²) in [6.07, 6.45) is 0. The number of sulfonamides is 1. The van der Waals surface area contributed by atoms with E-state index in [1.165, 1.54) is 12.1 Å². The van der Waals surface area contributed by atoms with Crippen LogP contribution in [0.5, 0.6) is 0 Å². The molecule has 0 aliphatic rings. The molecule has 0 saturated carbocycles. The minimum atomic E-state index is -3.92. The second-order valence-corrected chi connectivity index (χ2v) is 8.77. The first-order chi connectivity index (χ1) is 11.4. The van der Waals surface area contributed by atoms with Gasteiger partial charge in [-0.15, -0.1) is 0 Å². The highest BCUT2D eigenvalue weighted by atomic mass is 32.2. The summed E-state index contributed by atoms with van der Waals surface area (Å²) in [7, 11) is -3.92. The molecular formula is C19H23NO4S. The van der Waals surface area contributed by atoms with E-state index in [-0.39, 0.29) is 15.9 Å². The number of carboxylic acids is 1. The molecule has 25 heavy (non-hydrogen) atoms. The van der Waals surface area contributed by atoms with Crippen LogP contribution in [-0.4, -0.2) is 19.5 Å². The fourth-order valence-electron chi connectivity index (χ4n) is 2.66. The van der Waals surface area contributed by atoms with Gasteiger partial charge in [0.15, 0.2) is 0 Å². The number of aryl methyl sites for hydroxylation is 1. The zero-order chi connectivity index (χ0) is 19.0. The van der Waals surface area contributed by atoms with Gasteiger partial charge in [-0.25, -0.2) is 13.2 Å². The Hall–Kier alpha value is -2.34. The maximum Gasteiger partial charge on any atom is 0.335 e. The van der Waals surface area contributed by atoms with Gasteiger partial charge < -0.3 is 5.11 Å². The molecule has 0 aromatic heterocycles. The van der Waals surface area contributed by atoms with E-state index in [4.69, 9.17) is 0 Å². The van der Waals surface area contributed by atoms with E-state index < -0.39 is 16.0 Å². The quantitative estimate of drug-likeness (QED) is 0.859. The van der Waals surface area contributed by atoms with Crippen molar-refractivity contribution in [2.45, 2.75) is 44.9 Å². The number of para-hydroxylation sites is 1. The number of hydrogen-bond donors (Lipinski definition) is 2. The number of anilines is 1. The molecule has 0 aliphatic carbocycles. The molecule has 0 aliphatic heterocycles. The molecule has 0 atom stereocenters. The fraction of sp³-hybridized carbons (Fsp3) is 0.316. The number of hydrogen-bond acceptors (Lipinski definition) is 3. The molecule has 2 rings (SSSR count). The molecule has 0 radical (unpaired) electrons. The van der Waals surface area contributed by atoms with Gasteiger partial charge in [0.05, 0.1) is 16.1 Å². The minimum absolute atomic E-state index is 0.0198. The number of carboxylic acid groups (broad SMARTS) is 1. The average Bonchev–Trinajstić information content (AvgIpc) is 2.48. The molecule has 0 heterocycles. The molecule has 0 saturated heterocycles. The summed E-state index contributed by atoms with van der Waals surface area (Å²) in [5.74, 6) is -1.16. The zero-order valence-corrected chi connectivity index (χ0v) is 15.9. The summed E-state index contributed by atoms with van der Waals surface area (Å²) >= 11 is 0. The van der Waals surface area contributed by atoms with Crippen LogP contribution in [0.1, 0.15) is 47.8 Å². The Morgan fingerprint density at radius 2 is 1.68 bits per heavy atom. The summed E-state index contributed by atoms with van der Waals surface area (Å²) in [4.78, 5) is 11.3. The SMILES string of the molecule is Cc1cc(C(=O)O)cc(S(=O)(=O)Nc2ccccc2C(C)(C)C)c1C. The van der Waals surface area contributed by atoms with Crippen molar-refractivity contribution in [2.75, 3.05) is 4.72 Å². The standard InChI is InChI=1S/C19H23NO4S/c1-12-10-14(18(21)22)11-17(13(12)2)25(23,24)20-16-9-7-6-8-15(16)19(3,4)5/h6-11,20H,1-5H3,(H,21,22). The zero-order valence-electron chi connectivity index (χ0n) is 15.0.